The van der Waals surface area contributed by atoms with Gasteiger partial charge in [0, 0.05) is 25.7 Å². The van der Waals surface area contributed by atoms with E-state index in [9.17, 15) is 8.42 Å². The Balaban J connectivity index is 0.00000200. The van der Waals surface area contributed by atoms with Gasteiger partial charge in [0.1, 0.15) is 0 Å². The second-order valence-electron chi connectivity index (χ2n) is 4.78. The van der Waals surface area contributed by atoms with Crippen LogP contribution in [0.5, 0.6) is 0 Å². The van der Waals surface area contributed by atoms with Crippen LogP contribution in [0.2, 0.25) is 0 Å². The van der Waals surface area contributed by atoms with Gasteiger partial charge in [-0.25, -0.2) is 8.42 Å². The molecule has 20 heavy (non-hydrogen) atoms. The molecule has 1 aromatic carbocycles. The van der Waals surface area contributed by atoms with Gasteiger partial charge < -0.3 is 5.32 Å². The van der Waals surface area contributed by atoms with E-state index >= 15 is 0 Å². The molecule has 0 radical (unpaired) electrons. The standard InChI is InChI=1S/C13H17N3O2S.ClH/c1-11-9-16(6-5-15-11)19(17,18)10-13-4-2-3-12(7-13)8-14;/h2-4,7,11,15H,5-6,9-10H2,1H3;1H/t11-;/m1./s1. The molecule has 0 spiro atoms. The maximum absolute atomic E-state index is 12.3. The summed E-state index contributed by atoms with van der Waals surface area (Å²) < 4.78 is 26.2. The van der Waals surface area contributed by atoms with Crippen LogP contribution in [0.4, 0.5) is 0 Å². The largest absolute Gasteiger partial charge is 0.312 e. The molecule has 110 valence electrons. The van der Waals surface area contributed by atoms with Gasteiger partial charge in [0.05, 0.1) is 17.4 Å². The van der Waals surface area contributed by atoms with Crippen molar-refractivity contribution < 1.29 is 8.42 Å². The van der Waals surface area contributed by atoms with E-state index in [2.05, 4.69) is 5.32 Å². The number of rotatable bonds is 3. The summed E-state index contributed by atoms with van der Waals surface area (Å²) in [5, 5.41) is 12.0. The number of hydrogen-bond donors (Lipinski definition) is 1. The molecular formula is C13H18ClN3O2S. The highest BCUT2D eigenvalue weighted by atomic mass is 35.5. The van der Waals surface area contributed by atoms with Crippen molar-refractivity contribution in [3.63, 3.8) is 0 Å². The first kappa shape index (κ1) is 16.9. The lowest BCUT2D eigenvalue weighted by Crippen LogP contribution is -2.51. The van der Waals surface area contributed by atoms with Gasteiger partial charge in [0.25, 0.3) is 0 Å². The van der Waals surface area contributed by atoms with Crippen LogP contribution in [-0.4, -0.2) is 38.4 Å². The minimum atomic E-state index is -3.31. The average molecular weight is 316 g/mol. The molecule has 0 aromatic heterocycles. The number of halogens is 1. The van der Waals surface area contributed by atoms with Crippen LogP contribution in [0.15, 0.2) is 24.3 Å². The van der Waals surface area contributed by atoms with Crippen molar-refractivity contribution >= 4 is 22.4 Å². The summed E-state index contributed by atoms with van der Waals surface area (Å²) in [5.74, 6) is -0.0464. The molecule has 1 saturated heterocycles. The van der Waals surface area contributed by atoms with Crippen molar-refractivity contribution in [3.05, 3.63) is 35.4 Å². The molecule has 1 aromatic rings. The van der Waals surface area contributed by atoms with Gasteiger partial charge in [-0.15, -0.1) is 12.4 Å². The van der Waals surface area contributed by atoms with Crippen molar-refractivity contribution in [1.82, 2.24) is 9.62 Å². The highest BCUT2D eigenvalue weighted by molar-refractivity contribution is 7.88. The zero-order chi connectivity index (χ0) is 13.9. The number of nitrogens with zero attached hydrogens (tertiary/aromatic N) is 2. The number of hydrogen-bond acceptors (Lipinski definition) is 4. The molecule has 0 unspecified atom stereocenters. The van der Waals surface area contributed by atoms with Gasteiger partial charge in [-0.3, -0.25) is 0 Å². The minimum absolute atomic E-state index is 0. The summed E-state index contributed by atoms with van der Waals surface area (Å²) in [6, 6.07) is 8.95. The van der Waals surface area contributed by atoms with Gasteiger partial charge in [0.15, 0.2) is 0 Å². The Morgan fingerprint density at radius 2 is 2.25 bits per heavy atom. The lowest BCUT2D eigenvalue weighted by Gasteiger charge is -2.31. The summed E-state index contributed by atoms with van der Waals surface area (Å²) in [7, 11) is -3.31. The molecule has 0 aliphatic carbocycles. The SMILES string of the molecule is C[C@@H]1CN(S(=O)(=O)Cc2cccc(C#N)c2)CCN1.Cl. The first-order valence-corrected chi connectivity index (χ1v) is 7.82. The monoisotopic (exact) mass is 315 g/mol. The Hall–Kier alpha value is -1.13. The fraction of sp³-hybridized carbons (Fsp3) is 0.462. The van der Waals surface area contributed by atoms with Crippen LogP contribution >= 0.6 is 12.4 Å². The van der Waals surface area contributed by atoms with Gasteiger partial charge in [-0.2, -0.15) is 9.57 Å². The van der Waals surface area contributed by atoms with Crippen molar-refractivity contribution in [3.8, 4) is 6.07 Å². The molecular weight excluding hydrogens is 298 g/mol. The first-order chi connectivity index (χ1) is 9.01. The zero-order valence-corrected chi connectivity index (χ0v) is 12.9. The Kier molecular flexibility index (Phi) is 5.96. The Morgan fingerprint density at radius 1 is 1.50 bits per heavy atom. The zero-order valence-electron chi connectivity index (χ0n) is 11.2. The quantitative estimate of drug-likeness (QED) is 0.906. The summed E-state index contributed by atoms with van der Waals surface area (Å²) in [5.41, 5.74) is 1.15. The molecule has 1 aliphatic heterocycles. The summed E-state index contributed by atoms with van der Waals surface area (Å²) in [6.07, 6.45) is 0. The average Bonchev–Trinajstić information content (AvgIpc) is 2.38. The molecule has 5 nitrogen and oxygen atoms in total. The smallest absolute Gasteiger partial charge is 0.218 e. The van der Waals surface area contributed by atoms with Gasteiger partial charge >= 0.3 is 0 Å². The molecule has 1 N–H and O–H groups in total. The first-order valence-electron chi connectivity index (χ1n) is 6.21. The topological polar surface area (TPSA) is 73.2 Å². The van der Waals surface area contributed by atoms with Crippen LogP contribution in [0.1, 0.15) is 18.1 Å². The molecule has 0 amide bonds. The van der Waals surface area contributed by atoms with Crippen molar-refractivity contribution in [1.29, 1.82) is 5.26 Å². The summed E-state index contributed by atoms with van der Waals surface area (Å²) in [4.78, 5) is 0. The number of sulfonamides is 1. The van der Waals surface area contributed by atoms with Crippen LogP contribution in [0.25, 0.3) is 0 Å². The second-order valence-corrected chi connectivity index (χ2v) is 6.75. The third-order valence-electron chi connectivity index (χ3n) is 3.13. The Morgan fingerprint density at radius 3 is 2.90 bits per heavy atom. The minimum Gasteiger partial charge on any atom is -0.312 e. The molecule has 7 heteroatoms. The van der Waals surface area contributed by atoms with E-state index in [1.54, 1.807) is 24.3 Å². The van der Waals surface area contributed by atoms with E-state index < -0.39 is 10.0 Å². The third-order valence-corrected chi connectivity index (χ3v) is 4.95. The van der Waals surface area contributed by atoms with Gasteiger partial charge in [-0.05, 0) is 24.6 Å². The number of nitriles is 1. The van der Waals surface area contributed by atoms with Crippen LogP contribution in [0, 0.1) is 11.3 Å². The predicted octanol–water partition coefficient (Wildman–Crippen LogP) is 1.10. The lowest BCUT2D eigenvalue weighted by molar-refractivity contribution is 0.310. The molecule has 1 fully saturated rings. The molecule has 1 atom stereocenters. The maximum atomic E-state index is 12.3. The number of nitrogens with one attached hydrogen (secondary N) is 1. The molecule has 0 bridgehead atoms. The maximum Gasteiger partial charge on any atom is 0.218 e. The normalized spacial score (nSPS) is 19.9. The van der Waals surface area contributed by atoms with E-state index in [-0.39, 0.29) is 24.2 Å². The highest BCUT2D eigenvalue weighted by Gasteiger charge is 2.26. The predicted molar refractivity (Wildman–Crippen MR) is 80.1 cm³/mol. The van der Waals surface area contributed by atoms with Crippen LogP contribution in [0.3, 0.4) is 0 Å². The van der Waals surface area contributed by atoms with E-state index in [1.807, 2.05) is 13.0 Å². The molecule has 0 saturated carbocycles. The van der Waals surface area contributed by atoms with Crippen molar-refractivity contribution in [2.75, 3.05) is 19.6 Å². The van der Waals surface area contributed by atoms with E-state index in [4.69, 9.17) is 5.26 Å². The second kappa shape index (κ2) is 7.04. The number of piperazine rings is 1. The fourth-order valence-corrected chi connectivity index (χ4v) is 3.79. The van der Waals surface area contributed by atoms with Gasteiger partial charge in [-0.1, -0.05) is 12.1 Å². The fourth-order valence-electron chi connectivity index (χ4n) is 2.18. The lowest BCUT2D eigenvalue weighted by atomic mass is 10.2. The molecule has 2 rings (SSSR count). The number of benzene rings is 1. The van der Waals surface area contributed by atoms with Crippen molar-refractivity contribution in [2.24, 2.45) is 0 Å². The van der Waals surface area contributed by atoms with Crippen molar-refractivity contribution in [2.45, 2.75) is 18.7 Å². The third kappa shape index (κ3) is 4.18. The molecule has 1 aliphatic rings. The highest BCUT2D eigenvalue weighted by Crippen LogP contribution is 2.14. The Labute approximate surface area is 126 Å². The van der Waals surface area contributed by atoms with Crippen LogP contribution < -0.4 is 5.32 Å². The van der Waals surface area contributed by atoms with E-state index in [0.29, 0.717) is 30.8 Å². The van der Waals surface area contributed by atoms with Crippen LogP contribution in [-0.2, 0) is 15.8 Å². The summed E-state index contributed by atoms with van der Waals surface area (Å²) in [6.45, 7) is 3.65. The summed E-state index contributed by atoms with van der Waals surface area (Å²) >= 11 is 0. The Bertz CT molecular complexity index is 598. The molecule has 1 heterocycles. The van der Waals surface area contributed by atoms with Gasteiger partial charge in [0.2, 0.25) is 10.0 Å². The van der Waals surface area contributed by atoms with E-state index in [0.717, 1.165) is 0 Å². The van der Waals surface area contributed by atoms with E-state index in [1.165, 1.54) is 4.31 Å².